The molecule has 2 aromatic rings. The highest BCUT2D eigenvalue weighted by atomic mass is 32.2. The van der Waals surface area contributed by atoms with Crippen LogP contribution in [0.1, 0.15) is 17.5 Å². The number of benzene rings is 2. The number of carbonyl (C=O) groups is 1. The largest absolute Gasteiger partial charge is 0.493 e. The van der Waals surface area contributed by atoms with Crippen LogP contribution in [0.15, 0.2) is 48.5 Å². The van der Waals surface area contributed by atoms with Crippen LogP contribution in [0.25, 0.3) is 0 Å². The highest BCUT2D eigenvalue weighted by Gasteiger charge is 2.32. The zero-order chi connectivity index (χ0) is 19.3. The van der Waals surface area contributed by atoms with Crippen LogP contribution in [0.2, 0.25) is 0 Å². The van der Waals surface area contributed by atoms with Gasteiger partial charge in [-0.2, -0.15) is 0 Å². The minimum atomic E-state index is -3.07. The van der Waals surface area contributed by atoms with Crippen molar-refractivity contribution in [2.45, 2.75) is 19.6 Å². The van der Waals surface area contributed by atoms with Gasteiger partial charge in [0, 0.05) is 6.54 Å². The summed E-state index contributed by atoms with van der Waals surface area (Å²) in [5, 5.41) is 2.81. The molecule has 0 aromatic heterocycles. The van der Waals surface area contributed by atoms with Crippen LogP contribution in [0.4, 0.5) is 0 Å². The predicted molar refractivity (Wildman–Crippen MR) is 102 cm³/mol. The van der Waals surface area contributed by atoms with Crippen molar-refractivity contribution in [1.82, 2.24) is 5.32 Å². The first kappa shape index (κ1) is 19.2. The van der Waals surface area contributed by atoms with Gasteiger partial charge in [0.1, 0.15) is 6.61 Å². The fraction of sp³-hybridized carbons (Fsp3) is 0.350. The second kappa shape index (κ2) is 8.43. The van der Waals surface area contributed by atoms with Crippen molar-refractivity contribution in [2.24, 2.45) is 5.92 Å². The number of carbonyl (C=O) groups excluding carboxylic acids is 1. The molecule has 0 unspecified atom stereocenters. The van der Waals surface area contributed by atoms with E-state index < -0.39 is 15.8 Å². The average Bonchev–Trinajstić information content (AvgIpc) is 3.05. The van der Waals surface area contributed by atoms with Crippen LogP contribution < -0.4 is 14.8 Å². The van der Waals surface area contributed by atoms with Gasteiger partial charge >= 0.3 is 0 Å². The molecule has 1 aliphatic heterocycles. The van der Waals surface area contributed by atoms with Gasteiger partial charge in [-0.15, -0.1) is 0 Å². The summed E-state index contributed by atoms with van der Waals surface area (Å²) in [6.07, 6.45) is 0.393. The van der Waals surface area contributed by atoms with E-state index in [0.717, 1.165) is 11.1 Å². The van der Waals surface area contributed by atoms with Gasteiger partial charge in [-0.3, -0.25) is 4.79 Å². The minimum Gasteiger partial charge on any atom is -0.493 e. The molecule has 2 aromatic carbocycles. The van der Waals surface area contributed by atoms with Gasteiger partial charge < -0.3 is 14.8 Å². The monoisotopic (exact) mass is 389 g/mol. The molecule has 1 aliphatic rings. The zero-order valence-electron chi connectivity index (χ0n) is 15.2. The molecule has 3 rings (SSSR count). The molecule has 1 heterocycles. The van der Waals surface area contributed by atoms with Crippen LogP contribution >= 0.6 is 0 Å². The van der Waals surface area contributed by atoms with Gasteiger partial charge in [0.05, 0.1) is 24.5 Å². The molecule has 0 aliphatic carbocycles. The number of hydrogen-bond donors (Lipinski definition) is 1. The Bertz CT molecular complexity index is 896. The summed E-state index contributed by atoms with van der Waals surface area (Å²) in [6.45, 7) is 0.744. The van der Waals surface area contributed by atoms with E-state index in [9.17, 15) is 13.2 Å². The molecule has 0 spiro atoms. The Morgan fingerprint density at radius 3 is 2.56 bits per heavy atom. The number of methoxy groups -OCH3 is 1. The lowest BCUT2D eigenvalue weighted by atomic mass is 10.1. The van der Waals surface area contributed by atoms with E-state index in [2.05, 4.69) is 5.32 Å². The Morgan fingerprint density at radius 2 is 1.89 bits per heavy atom. The maximum Gasteiger partial charge on any atom is 0.224 e. The van der Waals surface area contributed by atoms with Crippen LogP contribution in [-0.4, -0.2) is 32.9 Å². The van der Waals surface area contributed by atoms with Crippen LogP contribution in [0, 0.1) is 5.92 Å². The highest BCUT2D eigenvalue weighted by molar-refractivity contribution is 7.91. The van der Waals surface area contributed by atoms with Gasteiger partial charge in [-0.05, 0) is 29.7 Å². The molecule has 1 saturated heterocycles. The first-order valence-corrected chi connectivity index (χ1v) is 10.6. The summed E-state index contributed by atoms with van der Waals surface area (Å²) in [5.74, 6) is 0.560. The summed E-state index contributed by atoms with van der Waals surface area (Å²) in [4.78, 5) is 12.2. The van der Waals surface area contributed by atoms with E-state index in [4.69, 9.17) is 9.47 Å². The topological polar surface area (TPSA) is 81.7 Å². The van der Waals surface area contributed by atoms with Gasteiger partial charge in [0.2, 0.25) is 5.91 Å². The Kier molecular flexibility index (Phi) is 6.01. The van der Waals surface area contributed by atoms with Crippen molar-refractivity contribution < 1.29 is 22.7 Å². The standard InChI is InChI=1S/C20H23NO5S/c1-25-19-11-16(12-21-20(22)17-9-10-27(23,24)14-17)7-8-18(19)26-13-15-5-3-2-4-6-15/h2-8,11,17H,9-10,12-14H2,1H3,(H,21,22)/t17-/m1/s1. The first-order valence-electron chi connectivity index (χ1n) is 8.78. The summed E-state index contributed by atoms with van der Waals surface area (Å²) in [6, 6.07) is 15.3. The summed E-state index contributed by atoms with van der Waals surface area (Å²) < 4.78 is 34.2. The molecule has 1 amide bonds. The van der Waals surface area contributed by atoms with Crippen LogP contribution in [-0.2, 0) is 27.8 Å². The highest BCUT2D eigenvalue weighted by Crippen LogP contribution is 2.29. The summed E-state index contributed by atoms with van der Waals surface area (Å²) in [5.41, 5.74) is 1.91. The summed E-state index contributed by atoms with van der Waals surface area (Å²) in [7, 11) is -1.50. The van der Waals surface area contributed by atoms with Crippen molar-refractivity contribution in [3.63, 3.8) is 0 Å². The lowest BCUT2D eigenvalue weighted by Gasteiger charge is -2.13. The zero-order valence-corrected chi connectivity index (χ0v) is 16.0. The number of rotatable bonds is 7. The quantitative estimate of drug-likeness (QED) is 0.786. The number of ether oxygens (including phenoxy) is 2. The molecule has 6 nitrogen and oxygen atoms in total. The van der Waals surface area contributed by atoms with Crippen LogP contribution in [0.3, 0.4) is 0 Å². The fourth-order valence-electron chi connectivity index (χ4n) is 3.01. The van der Waals surface area contributed by atoms with E-state index in [0.29, 0.717) is 31.1 Å². The van der Waals surface area contributed by atoms with Crippen molar-refractivity contribution in [3.05, 3.63) is 59.7 Å². The summed E-state index contributed by atoms with van der Waals surface area (Å²) >= 11 is 0. The average molecular weight is 389 g/mol. The molecule has 1 fully saturated rings. The van der Waals surface area contributed by atoms with Crippen molar-refractivity contribution in [3.8, 4) is 11.5 Å². The van der Waals surface area contributed by atoms with E-state index >= 15 is 0 Å². The van der Waals surface area contributed by atoms with Gasteiger partial charge in [-0.25, -0.2) is 8.42 Å². The third-order valence-electron chi connectivity index (χ3n) is 4.54. The van der Waals surface area contributed by atoms with E-state index in [1.54, 1.807) is 7.11 Å². The second-order valence-electron chi connectivity index (χ2n) is 6.58. The molecule has 0 saturated carbocycles. The van der Waals surface area contributed by atoms with Crippen LogP contribution in [0.5, 0.6) is 11.5 Å². The molecular weight excluding hydrogens is 366 g/mol. The second-order valence-corrected chi connectivity index (χ2v) is 8.81. The minimum absolute atomic E-state index is 0.0611. The van der Waals surface area contributed by atoms with E-state index in [-0.39, 0.29) is 17.4 Å². The third-order valence-corrected chi connectivity index (χ3v) is 6.30. The molecule has 1 N–H and O–H groups in total. The van der Waals surface area contributed by atoms with Crippen molar-refractivity contribution in [1.29, 1.82) is 0 Å². The van der Waals surface area contributed by atoms with Gasteiger partial charge in [0.15, 0.2) is 21.3 Å². The van der Waals surface area contributed by atoms with E-state index in [1.165, 1.54) is 0 Å². The number of amides is 1. The lowest BCUT2D eigenvalue weighted by Crippen LogP contribution is -2.30. The Hall–Kier alpha value is -2.54. The van der Waals surface area contributed by atoms with Gasteiger partial charge in [0.25, 0.3) is 0 Å². The van der Waals surface area contributed by atoms with Crippen molar-refractivity contribution in [2.75, 3.05) is 18.6 Å². The number of sulfone groups is 1. The molecule has 7 heteroatoms. The third kappa shape index (κ3) is 5.23. The molecule has 1 atom stereocenters. The smallest absolute Gasteiger partial charge is 0.224 e. The maximum atomic E-state index is 12.2. The lowest BCUT2D eigenvalue weighted by molar-refractivity contribution is -0.124. The normalized spacial score (nSPS) is 18.0. The Labute approximate surface area is 159 Å². The molecular formula is C20H23NO5S. The Balaban J connectivity index is 1.58. The Morgan fingerprint density at radius 1 is 1.11 bits per heavy atom. The molecule has 144 valence electrons. The number of nitrogens with one attached hydrogen (secondary N) is 1. The molecule has 0 radical (unpaired) electrons. The number of hydrogen-bond acceptors (Lipinski definition) is 5. The van der Waals surface area contributed by atoms with Gasteiger partial charge in [-0.1, -0.05) is 36.4 Å². The molecule has 27 heavy (non-hydrogen) atoms. The SMILES string of the molecule is COc1cc(CNC(=O)[C@@H]2CCS(=O)(=O)C2)ccc1OCc1ccccc1. The fourth-order valence-corrected chi connectivity index (χ4v) is 4.75. The van der Waals surface area contributed by atoms with Crippen molar-refractivity contribution >= 4 is 15.7 Å². The predicted octanol–water partition coefficient (Wildman–Crippen LogP) is 2.33. The molecule has 0 bridgehead atoms. The van der Waals surface area contributed by atoms with E-state index in [1.807, 2.05) is 48.5 Å². The first-order chi connectivity index (χ1) is 13.0. The maximum absolute atomic E-state index is 12.2.